The molecule has 0 saturated heterocycles. The van der Waals surface area contributed by atoms with Crippen molar-refractivity contribution in [2.24, 2.45) is 0 Å². The molecule has 6 heteroatoms. The molecule has 1 N–H and O–H groups in total. The van der Waals surface area contributed by atoms with Crippen LogP contribution in [0, 0.1) is 0 Å². The topological polar surface area (TPSA) is 67.9 Å². The monoisotopic (exact) mass is 322 g/mol. The van der Waals surface area contributed by atoms with Crippen LogP contribution < -0.4 is 5.32 Å². The second kappa shape index (κ2) is 9.02. The van der Waals surface area contributed by atoms with E-state index in [1.807, 2.05) is 51.1 Å². The maximum atomic E-state index is 11.8. The van der Waals surface area contributed by atoms with Crippen LogP contribution in [0.25, 0.3) is 0 Å². The highest BCUT2D eigenvalue weighted by molar-refractivity contribution is 5.68. The Morgan fingerprint density at radius 1 is 1.17 bits per heavy atom. The Bertz CT molecular complexity index is 497. The van der Waals surface area contributed by atoms with Crippen molar-refractivity contribution in [3.8, 4) is 0 Å². The summed E-state index contributed by atoms with van der Waals surface area (Å²) in [4.78, 5) is 24.8. The number of carbonyl (C=O) groups excluding carboxylic acids is 2. The van der Waals surface area contributed by atoms with E-state index in [0.717, 1.165) is 5.56 Å². The van der Waals surface area contributed by atoms with Gasteiger partial charge in [0.25, 0.3) is 0 Å². The fourth-order valence-electron chi connectivity index (χ4n) is 1.74. The van der Waals surface area contributed by atoms with Crippen molar-refractivity contribution in [2.75, 3.05) is 20.1 Å². The summed E-state index contributed by atoms with van der Waals surface area (Å²) in [6.45, 7) is 6.60. The van der Waals surface area contributed by atoms with Crippen LogP contribution in [0.5, 0.6) is 0 Å². The van der Waals surface area contributed by atoms with Crippen molar-refractivity contribution in [2.45, 2.75) is 39.4 Å². The molecule has 0 heterocycles. The maximum absolute atomic E-state index is 11.8. The van der Waals surface area contributed by atoms with Crippen molar-refractivity contribution in [3.05, 3.63) is 35.9 Å². The molecule has 1 aromatic carbocycles. The molecule has 1 rings (SSSR count). The third-order valence-electron chi connectivity index (χ3n) is 2.86. The lowest BCUT2D eigenvalue weighted by Crippen LogP contribution is -2.35. The highest BCUT2D eigenvalue weighted by atomic mass is 16.6. The summed E-state index contributed by atoms with van der Waals surface area (Å²) in [5.74, 6) is 0. The van der Waals surface area contributed by atoms with Crippen molar-refractivity contribution < 1.29 is 19.1 Å². The van der Waals surface area contributed by atoms with Gasteiger partial charge in [-0.1, -0.05) is 30.3 Å². The molecular weight excluding hydrogens is 296 g/mol. The summed E-state index contributed by atoms with van der Waals surface area (Å²) in [6.07, 6.45) is -0.214. The Morgan fingerprint density at radius 3 is 2.43 bits per heavy atom. The van der Waals surface area contributed by atoms with E-state index in [2.05, 4.69) is 5.32 Å². The predicted molar refractivity (Wildman–Crippen MR) is 88.1 cm³/mol. The number of rotatable bonds is 6. The van der Waals surface area contributed by atoms with Crippen LogP contribution in [0.3, 0.4) is 0 Å². The molecule has 0 aliphatic carbocycles. The van der Waals surface area contributed by atoms with Crippen molar-refractivity contribution in [1.29, 1.82) is 0 Å². The number of nitrogens with one attached hydrogen (secondary N) is 1. The van der Waals surface area contributed by atoms with E-state index in [4.69, 9.17) is 9.47 Å². The number of ether oxygens (including phenoxy) is 2. The first-order chi connectivity index (χ1) is 10.8. The van der Waals surface area contributed by atoms with Crippen LogP contribution in [0.15, 0.2) is 30.3 Å². The SMILES string of the molecule is CN(CCCNC(=O)OC(C)(C)C)C(=O)OCc1ccccc1. The fourth-order valence-corrected chi connectivity index (χ4v) is 1.74. The zero-order valence-corrected chi connectivity index (χ0v) is 14.3. The highest BCUT2D eigenvalue weighted by Gasteiger charge is 2.15. The van der Waals surface area contributed by atoms with Crippen LogP contribution in [-0.4, -0.2) is 42.8 Å². The van der Waals surface area contributed by atoms with Gasteiger partial charge in [0.1, 0.15) is 12.2 Å². The molecular formula is C17H26N2O4. The van der Waals surface area contributed by atoms with E-state index < -0.39 is 11.7 Å². The van der Waals surface area contributed by atoms with Gasteiger partial charge in [0.05, 0.1) is 0 Å². The smallest absolute Gasteiger partial charge is 0.409 e. The predicted octanol–water partition coefficient (Wildman–Crippen LogP) is 3.17. The van der Waals surface area contributed by atoms with Gasteiger partial charge in [-0.3, -0.25) is 0 Å². The van der Waals surface area contributed by atoms with Gasteiger partial charge in [-0.2, -0.15) is 0 Å². The zero-order chi connectivity index (χ0) is 17.3. The molecule has 0 saturated carbocycles. The number of carbonyl (C=O) groups is 2. The van der Waals surface area contributed by atoms with Gasteiger partial charge in [0.2, 0.25) is 0 Å². The van der Waals surface area contributed by atoms with E-state index in [-0.39, 0.29) is 12.7 Å². The average Bonchev–Trinajstić information content (AvgIpc) is 2.48. The highest BCUT2D eigenvalue weighted by Crippen LogP contribution is 2.06. The fraction of sp³-hybridized carbons (Fsp3) is 0.529. The van der Waals surface area contributed by atoms with Crippen LogP contribution in [0.1, 0.15) is 32.8 Å². The molecule has 0 bridgehead atoms. The molecule has 0 radical (unpaired) electrons. The first-order valence-electron chi connectivity index (χ1n) is 7.66. The minimum atomic E-state index is -0.512. The normalized spacial score (nSPS) is 10.8. The van der Waals surface area contributed by atoms with Crippen LogP contribution in [0.2, 0.25) is 0 Å². The summed E-state index contributed by atoms with van der Waals surface area (Å²) < 4.78 is 10.3. The molecule has 0 spiro atoms. The minimum Gasteiger partial charge on any atom is -0.445 e. The number of alkyl carbamates (subject to hydrolysis) is 1. The Hall–Kier alpha value is -2.24. The molecule has 128 valence electrons. The van der Waals surface area contributed by atoms with Gasteiger partial charge >= 0.3 is 12.2 Å². The third-order valence-corrected chi connectivity index (χ3v) is 2.86. The summed E-state index contributed by atoms with van der Waals surface area (Å²) in [6, 6.07) is 9.51. The van der Waals surface area contributed by atoms with E-state index in [1.54, 1.807) is 7.05 Å². The van der Waals surface area contributed by atoms with Crippen LogP contribution >= 0.6 is 0 Å². The van der Waals surface area contributed by atoms with Gasteiger partial charge in [-0.25, -0.2) is 9.59 Å². The number of hydrogen-bond acceptors (Lipinski definition) is 4. The molecule has 1 aromatic rings. The van der Waals surface area contributed by atoms with Gasteiger partial charge in [-0.05, 0) is 32.8 Å². The van der Waals surface area contributed by atoms with E-state index in [0.29, 0.717) is 19.5 Å². The number of amides is 2. The van der Waals surface area contributed by atoms with Crippen LogP contribution in [-0.2, 0) is 16.1 Å². The largest absolute Gasteiger partial charge is 0.445 e. The minimum absolute atomic E-state index is 0.250. The zero-order valence-electron chi connectivity index (χ0n) is 14.3. The van der Waals surface area contributed by atoms with Crippen molar-refractivity contribution in [1.82, 2.24) is 10.2 Å². The average molecular weight is 322 g/mol. The first-order valence-corrected chi connectivity index (χ1v) is 7.66. The molecule has 2 amide bonds. The first kappa shape index (κ1) is 18.8. The third kappa shape index (κ3) is 8.70. The van der Waals surface area contributed by atoms with E-state index in [1.165, 1.54) is 4.90 Å². The van der Waals surface area contributed by atoms with Gasteiger partial charge < -0.3 is 19.7 Å². The van der Waals surface area contributed by atoms with Gasteiger partial charge in [-0.15, -0.1) is 0 Å². The summed E-state index contributed by atoms with van der Waals surface area (Å²) in [5.41, 5.74) is 0.433. The quantitative estimate of drug-likeness (QED) is 0.817. The van der Waals surface area contributed by atoms with Crippen molar-refractivity contribution in [3.63, 3.8) is 0 Å². The summed E-state index contributed by atoms with van der Waals surface area (Å²) in [5, 5.41) is 2.65. The number of benzene rings is 1. The molecule has 6 nitrogen and oxygen atoms in total. The lowest BCUT2D eigenvalue weighted by molar-refractivity contribution is 0.0526. The molecule has 0 aliphatic rings. The summed E-state index contributed by atoms with van der Waals surface area (Å²) in [7, 11) is 1.67. The summed E-state index contributed by atoms with van der Waals surface area (Å²) >= 11 is 0. The number of hydrogen-bond donors (Lipinski definition) is 1. The number of nitrogens with zero attached hydrogens (tertiary/aromatic N) is 1. The Morgan fingerprint density at radius 2 is 1.83 bits per heavy atom. The maximum Gasteiger partial charge on any atom is 0.409 e. The van der Waals surface area contributed by atoms with E-state index >= 15 is 0 Å². The second-order valence-electron chi connectivity index (χ2n) is 6.24. The molecule has 0 aromatic heterocycles. The molecule has 0 atom stereocenters. The standard InChI is InChI=1S/C17H26N2O4/c1-17(2,3)23-15(20)18-11-8-12-19(4)16(21)22-13-14-9-6-5-7-10-14/h5-7,9-10H,8,11-13H2,1-4H3,(H,18,20). The second-order valence-corrected chi connectivity index (χ2v) is 6.24. The molecule has 0 unspecified atom stereocenters. The van der Waals surface area contributed by atoms with Gasteiger partial charge in [0, 0.05) is 20.1 Å². The Labute approximate surface area is 137 Å². The van der Waals surface area contributed by atoms with E-state index in [9.17, 15) is 9.59 Å². The molecule has 0 fully saturated rings. The molecule has 23 heavy (non-hydrogen) atoms. The Balaban J connectivity index is 2.17. The van der Waals surface area contributed by atoms with Gasteiger partial charge in [0.15, 0.2) is 0 Å². The molecule has 0 aliphatic heterocycles. The lowest BCUT2D eigenvalue weighted by Gasteiger charge is -2.20. The Kier molecular flexibility index (Phi) is 7.38. The van der Waals surface area contributed by atoms with Crippen molar-refractivity contribution >= 4 is 12.2 Å². The van der Waals surface area contributed by atoms with Crippen LogP contribution in [0.4, 0.5) is 9.59 Å². The lowest BCUT2D eigenvalue weighted by atomic mass is 10.2.